The summed E-state index contributed by atoms with van der Waals surface area (Å²) in [6, 6.07) is 10.7. The molecule has 1 saturated heterocycles. The zero-order chi connectivity index (χ0) is 27.6. The number of allylic oxidation sites excluding steroid dienone is 1. The fourth-order valence-electron chi connectivity index (χ4n) is 4.78. The van der Waals surface area contributed by atoms with Crippen LogP contribution in [0.3, 0.4) is 0 Å². The molecule has 10 heteroatoms. The lowest BCUT2D eigenvalue weighted by Crippen LogP contribution is -2.42. The third-order valence-corrected chi connectivity index (χ3v) is 6.99. The lowest BCUT2D eigenvalue weighted by Gasteiger charge is -2.25. The van der Waals surface area contributed by atoms with Gasteiger partial charge < -0.3 is 15.4 Å². The van der Waals surface area contributed by atoms with Crippen LogP contribution in [0.4, 0.5) is 28.9 Å². The maximum absolute atomic E-state index is 13.4. The van der Waals surface area contributed by atoms with Crippen molar-refractivity contribution in [2.45, 2.75) is 32.0 Å². The summed E-state index contributed by atoms with van der Waals surface area (Å²) >= 11 is 0. The molecule has 0 radical (unpaired) electrons. The van der Waals surface area contributed by atoms with E-state index in [0.717, 1.165) is 29.8 Å². The van der Waals surface area contributed by atoms with E-state index in [1.807, 2.05) is 12.2 Å². The van der Waals surface area contributed by atoms with E-state index in [1.165, 1.54) is 0 Å². The Morgan fingerprint density at radius 3 is 2.59 bits per heavy atom. The standard InChI is InChI=1S/C29H25F4N3O3/c30-21-6-9-25(23(13-21)29(31,32)33)36-22-7-4-18(5-8-22)15-35-27(38)28(10-11-39-17-28)14-26(37)20-12-19-2-1-3-24(19)34-16-20/h1-2,4-9,12-13,16,36H,3,10-11,14-15,17H2,(H,35,38)/t28-/m0/s1. The monoisotopic (exact) mass is 539 g/mol. The van der Waals surface area contributed by atoms with Crippen LogP contribution in [0.1, 0.15) is 45.6 Å². The number of ketones is 1. The number of halogens is 4. The van der Waals surface area contributed by atoms with Gasteiger partial charge in [-0.1, -0.05) is 24.3 Å². The van der Waals surface area contributed by atoms with Crippen molar-refractivity contribution < 1.29 is 31.9 Å². The maximum Gasteiger partial charge on any atom is 0.418 e. The number of hydrogen-bond acceptors (Lipinski definition) is 5. The summed E-state index contributed by atoms with van der Waals surface area (Å²) in [5.74, 6) is -1.46. The zero-order valence-electron chi connectivity index (χ0n) is 20.8. The smallest absolute Gasteiger partial charge is 0.380 e. The highest BCUT2D eigenvalue weighted by molar-refractivity contribution is 6.00. The molecule has 3 aromatic rings. The van der Waals surface area contributed by atoms with Crippen molar-refractivity contribution in [2.75, 3.05) is 18.5 Å². The number of carbonyl (C=O) groups excluding carboxylic acids is 2. The van der Waals surface area contributed by atoms with Crippen LogP contribution in [0.15, 0.2) is 60.8 Å². The van der Waals surface area contributed by atoms with E-state index in [-0.39, 0.29) is 37.0 Å². The number of Topliss-reactive ketones (excluding diaryl/α,β-unsaturated/α-hetero) is 1. The average molecular weight is 540 g/mol. The van der Waals surface area contributed by atoms with Crippen LogP contribution in [0.5, 0.6) is 0 Å². The van der Waals surface area contributed by atoms with Gasteiger partial charge in [-0.05, 0) is 53.9 Å². The molecule has 2 aliphatic rings. The van der Waals surface area contributed by atoms with Gasteiger partial charge in [0, 0.05) is 43.4 Å². The fourth-order valence-corrected chi connectivity index (χ4v) is 4.78. The molecule has 39 heavy (non-hydrogen) atoms. The van der Waals surface area contributed by atoms with E-state index in [2.05, 4.69) is 15.6 Å². The van der Waals surface area contributed by atoms with Crippen LogP contribution in [-0.2, 0) is 28.7 Å². The number of ether oxygens (including phenoxy) is 1. The predicted octanol–water partition coefficient (Wildman–Crippen LogP) is 5.85. The molecular weight excluding hydrogens is 514 g/mol. The number of pyridine rings is 1. The third-order valence-electron chi connectivity index (χ3n) is 6.99. The number of carbonyl (C=O) groups is 2. The van der Waals surface area contributed by atoms with E-state index < -0.39 is 23.0 Å². The molecule has 6 nitrogen and oxygen atoms in total. The van der Waals surface area contributed by atoms with Gasteiger partial charge in [-0.2, -0.15) is 13.2 Å². The van der Waals surface area contributed by atoms with Crippen molar-refractivity contribution in [3.05, 3.63) is 94.6 Å². The van der Waals surface area contributed by atoms with E-state index in [9.17, 15) is 27.2 Å². The van der Waals surface area contributed by atoms with Gasteiger partial charge in [-0.25, -0.2) is 4.39 Å². The molecule has 0 unspecified atom stereocenters. The van der Waals surface area contributed by atoms with Gasteiger partial charge in [0.2, 0.25) is 5.91 Å². The van der Waals surface area contributed by atoms with Crippen LogP contribution in [0.25, 0.3) is 6.08 Å². The van der Waals surface area contributed by atoms with Crippen LogP contribution in [0, 0.1) is 11.2 Å². The largest absolute Gasteiger partial charge is 0.418 e. The number of nitrogens with zero attached hydrogens (tertiary/aromatic N) is 1. The van der Waals surface area contributed by atoms with E-state index in [0.29, 0.717) is 35.9 Å². The van der Waals surface area contributed by atoms with Crippen molar-refractivity contribution in [3.8, 4) is 0 Å². The molecule has 2 aromatic carbocycles. The van der Waals surface area contributed by atoms with Crippen molar-refractivity contribution in [1.29, 1.82) is 0 Å². The Morgan fingerprint density at radius 2 is 1.87 bits per heavy atom. The average Bonchev–Trinajstić information content (AvgIpc) is 3.58. The Balaban J connectivity index is 1.22. The molecular formula is C29H25F4N3O3. The van der Waals surface area contributed by atoms with Crippen LogP contribution >= 0.6 is 0 Å². The number of alkyl halides is 3. The minimum absolute atomic E-state index is 0.00885. The molecule has 0 spiro atoms. The molecule has 1 aliphatic heterocycles. The van der Waals surface area contributed by atoms with Gasteiger partial charge in [0.15, 0.2) is 5.78 Å². The molecule has 1 aromatic heterocycles. The SMILES string of the molecule is O=C(C[C@@]1(C(=O)NCc2ccc(Nc3ccc(F)cc3C(F)(F)F)cc2)CCOC1)c1cnc2c(c1)C=CC2. The normalized spacial score (nSPS) is 18.2. The maximum atomic E-state index is 13.4. The topological polar surface area (TPSA) is 80.3 Å². The fraction of sp³-hybridized carbons (Fsp3) is 0.276. The highest BCUT2D eigenvalue weighted by atomic mass is 19.4. The predicted molar refractivity (Wildman–Crippen MR) is 137 cm³/mol. The number of hydrogen-bond donors (Lipinski definition) is 2. The number of anilines is 2. The summed E-state index contributed by atoms with van der Waals surface area (Å²) in [6.07, 6.45) is 1.88. The van der Waals surface area contributed by atoms with Crippen molar-refractivity contribution in [3.63, 3.8) is 0 Å². The van der Waals surface area contributed by atoms with Gasteiger partial charge in [0.25, 0.3) is 0 Å². The van der Waals surface area contributed by atoms with Gasteiger partial charge >= 0.3 is 6.18 Å². The molecule has 1 atom stereocenters. The minimum Gasteiger partial charge on any atom is -0.380 e. The first-order chi connectivity index (χ1) is 18.6. The minimum atomic E-state index is -4.72. The van der Waals surface area contributed by atoms with Gasteiger partial charge in [-0.15, -0.1) is 0 Å². The molecule has 0 saturated carbocycles. The summed E-state index contributed by atoms with van der Waals surface area (Å²) in [5, 5.41) is 5.54. The van der Waals surface area contributed by atoms with Crippen molar-refractivity contribution in [2.24, 2.45) is 5.41 Å². The second-order valence-electron chi connectivity index (χ2n) is 9.74. The molecule has 5 rings (SSSR count). The summed E-state index contributed by atoms with van der Waals surface area (Å²) < 4.78 is 58.7. The molecule has 1 fully saturated rings. The third kappa shape index (κ3) is 5.85. The summed E-state index contributed by atoms with van der Waals surface area (Å²) in [4.78, 5) is 30.7. The molecule has 2 N–H and O–H groups in total. The Bertz CT molecular complexity index is 1430. The Kier molecular flexibility index (Phi) is 7.22. The lowest BCUT2D eigenvalue weighted by atomic mass is 9.80. The van der Waals surface area contributed by atoms with E-state index >= 15 is 0 Å². The van der Waals surface area contributed by atoms with Gasteiger partial charge in [0.1, 0.15) is 5.82 Å². The quantitative estimate of drug-likeness (QED) is 0.277. The van der Waals surface area contributed by atoms with E-state index in [4.69, 9.17) is 4.74 Å². The number of fused-ring (bicyclic) bond motifs is 1. The first kappa shape index (κ1) is 26.6. The molecule has 1 amide bonds. The first-order valence-electron chi connectivity index (χ1n) is 12.4. The van der Waals surface area contributed by atoms with Crippen molar-refractivity contribution >= 4 is 29.1 Å². The second-order valence-corrected chi connectivity index (χ2v) is 9.74. The highest BCUT2D eigenvalue weighted by Gasteiger charge is 2.44. The Morgan fingerprint density at radius 1 is 1.08 bits per heavy atom. The Hall–Kier alpha value is -4.05. The number of amides is 1. The molecule has 1 aliphatic carbocycles. The number of benzene rings is 2. The Labute approximate surface area is 222 Å². The van der Waals surface area contributed by atoms with E-state index in [1.54, 1.807) is 36.5 Å². The van der Waals surface area contributed by atoms with Gasteiger partial charge in [-0.3, -0.25) is 14.6 Å². The lowest BCUT2D eigenvalue weighted by molar-refractivity contribution is -0.137. The second kappa shape index (κ2) is 10.6. The summed E-state index contributed by atoms with van der Waals surface area (Å²) in [6.45, 7) is 0.658. The number of aromatic nitrogens is 1. The van der Waals surface area contributed by atoms with Gasteiger partial charge in [0.05, 0.1) is 29.0 Å². The van der Waals surface area contributed by atoms with Crippen LogP contribution in [0.2, 0.25) is 0 Å². The zero-order valence-corrected chi connectivity index (χ0v) is 20.8. The molecule has 0 bridgehead atoms. The van der Waals surface area contributed by atoms with Crippen molar-refractivity contribution in [1.82, 2.24) is 10.3 Å². The molecule has 2 heterocycles. The first-order valence-corrected chi connectivity index (χ1v) is 12.4. The van der Waals surface area contributed by atoms with Crippen LogP contribution < -0.4 is 10.6 Å². The number of nitrogens with one attached hydrogen (secondary N) is 2. The number of rotatable bonds is 8. The summed E-state index contributed by atoms with van der Waals surface area (Å²) in [5.41, 5.74) is 0.987. The molecule has 202 valence electrons. The van der Waals surface area contributed by atoms with Crippen LogP contribution in [-0.4, -0.2) is 29.9 Å². The highest BCUT2D eigenvalue weighted by Crippen LogP contribution is 2.37. The summed E-state index contributed by atoms with van der Waals surface area (Å²) in [7, 11) is 0.